The lowest BCUT2D eigenvalue weighted by Gasteiger charge is -2.20. The minimum atomic E-state index is 0.351. The van der Waals surface area contributed by atoms with Gasteiger partial charge >= 0.3 is 0 Å². The smallest absolute Gasteiger partial charge is 0.194 e. The Morgan fingerprint density at radius 2 is 2.25 bits per heavy atom. The van der Waals surface area contributed by atoms with E-state index in [-0.39, 0.29) is 0 Å². The molecular weight excluding hydrogens is 202 g/mol. The summed E-state index contributed by atoms with van der Waals surface area (Å²) in [6.07, 6.45) is 3.71. The monoisotopic (exact) mass is 221 g/mol. The molecule has 0 spiro atoms. The van der Waals surface area contributed by atoms with Crippen molar-refractivity contribution in [1.29, 1.82) is 0 Å². The molecule has 1 aliphatic heterocycles. The molecule has 5 nitrogen and oxygen atoms in total. The summed E-state index contributed by atoms with van der Waals surface area (Å²) in [6.45, 7) is 5.10. The van der Waals surface area contributed by atoms with E-state index in [9.17, 15) is 0 Å². The molecular formula is C11H19N5. The maximum absolute atomic E-state index is 4.58. The summed E-state index contributed by atoms with van der Waals surface area (Å²) in [5.74, 6) is 0.973. The van der Waals surface area contributed by atoms with E-state index in [1.807, 2.05) is 31.2 Å². The SMILES string of the molecule is CC1N=C(N(C)Cc2cncn2C)NC1C. The predicted molar refractivity (Wildman–Crippen MR) is 64.2 cm³/mol. The third kappa shape index (κ3) is 2.03. The zero-order valence-corrected chi connectivity index (χ0v) is 10.3. The van der Waals surface area contributed by atoms with E-state index in [1.54, 1.807) is 0 Å². The third-order valence-electron chi connectivity index (χ3n) is 3.08. The van der Waals surface area contributed by atoms with Gasteiger partial charge in [0.05, 0.1) is 24.6 Å². The van der Waals surface area contributed by atoms with Crippen LogP contribution in [0.25, 0.3) is 0 Å². The average molecular weight is 221 g/mol. The second-order valence-electron chi connectivity index (χ2n) is 4.48. The molecule has 88 valence electrons. The maximum atomic E-state index is 4.58. The van der Waals surface area contributed by atoms with Gasteiger partial charge in [-0.25, -0.2) is 9.98 Å². The second-order valence-corrected chi connectivity index (χ2v) is 4.48. The molecule has 2 heterocycles. The molecule has 1 N–H and O–H groups in total. The molecule has 2 atom stereocenters. The van der Waals surface area contributed by atoms with Gasteiger partial charge in [-0.15, -0.1) is 0 Å². The number of rotatable bonds is 2. The Balaban J connectivity index is 2.02. The highest BCUT2D eigenvalue weighted by atomic mass is 15.3. The van der Waals surface area contributed by atoms with Crippen LogP contribution in [0.5, 0.6) is 0 Å². The van der Waals surface area contributed by atoms with Crippen LogP contribution in [0, 0.1) is 0 Å². The highest BCUT2D eigenvalue weighted by molar-refractivity contribution is 5.82. The standard InChI is InChI=1S/C11H19N5/c1-8-9(2)14-11(13-8)15(3)6-10-5-12-7-16(10)4/h5,7-9H,6H2,1-4H3,(H,13,14). The Kier molecular flexibility index (Phi) is 2.85. The molecule has 0 fully saturated rings. The number of imidazole rings is 1. The lowest BCUT2D eigenvalue weighted by Crippen LogP contribution is -2.39. The average Bonchev–Trinajstić information content (AvgIpc) is 2.76. The summed E-state index contributed by atoms with van der Waals surface area (Å²) in [4.78, 5) is 10.8. The first kappa shape index (κ1) is 11.0. The van der Waals surface area contributed by atoms with Crippen molar-refractivity contribution in [2.45, 2.75) is 32.5 Å². The molecule has 2 rings (SSSR count). The van der Waals surface area contributed by atoms with Gasteiger partial charge in [0.25, 0.3) is 0 Å². The van der Waals surface area contributed by atoms with Crippen LogP contribution in [0.4, 0.5) is 0 Å². The van der Waals surface area contributed by atoms with Crippen molar-refractivity contribution < 1.29 is 0 Å². The Morgan fingerprint density at radius 1 is 1.50 bits per heavy atom. The molecule has 0 aliphatic carbocycles. The summed E-state index contributed by atoms with van der Waals surface area (Å²) in [7, 11) is 4.05. The van der Waals surface area contributed by atoms with Crippen molar-refractivity contribution >= 4 is 5.96 Å². The number of nitrogens with one attached hydrogen (secondary N) is 1. The van der Waals surface area contributed by atoms with Gasteiger partial charge in [-0.05, 0) is 13.8 Å². The summed E-state index contributed by atoms with van der Waals surface area (Å²) < 4.78 is 2.03. The number of aromatic nitrogens is 2. The molecule has 2 unspecified atom stereocenters. The summed E-state index contributed by atoms with van der Waals surface area (Å²) in [6, 6.07) is 0.771. The van der Waals surface area contributed by atoms with Crippen molar-refractivity contribution in [2.24, 2.45) is 12.0 Å². The van der Waals surface area contributed by atoms with Crippen molar-refractivity contribution in [2.75, 3.05) is 7.05 Å². The second kappa shape index (κ2) is 4.15. The molecule has 0 saturated carbocycles. The van der Waals surface area contributed by atoms with Crippen LogP contribution in [0.3, 0.4) is 0 Å². The fourth-order valence-electron chi connectivity index (χ4n) is 1.73. The third-order valence-corrected chi connectivity index (χ3v) is 3.08. The number of guanidine groups is 1. The van der Waals surface area contributed by atoms with E-state index in [0.717, 1.165) is 12.5 Å². The van der Waals surface area contributed by atoms with Gasteiger partial charge in [0, 0.05) is 26.3 Å². The van der Waals surface area contributed by atoms with Gasteiger partial charge in [0.1, 0.15) is 0 Å². The number of nitrogens with zero attached hydrogens (tertiary/aromatic N) is 4. The first-order chi connectivity index (χ1) is 7.58. The minimum absolute atomic E-state index is 0.351. The van der Waals surface area contributed by atoms with Crippen molar-refractivity contribution in [3.05, 3.63) is 18.2 Å². The molecule has 1 aliphatic rings. The van der Waals surface area contributed by atoms with E-state index in [0.29, 0.717) is 12.1 Å². The molecule has 0 aromatic carbocycles. The zero-order valence-electron chi connectivity index (χ0n) is 10.3. The number of hydrogen-bond acceptors (Lipinski definition) is 4. The van der Waals surface area contributed by atoms with E-state index in [2.05, 4.69) is 34.0 Å². The van der Waals surface area contributed by atoms with E-state index in [4.69, 9.17) is 0 Å². The Bertz CT molecular complexity index is 395. The van der Waals surface area contributed by atoms with Crippen molar-refractivity contribution in [1.82, 2.24) is 19.8 Å². The number of hydrogen-bond donors (Lipinski definition) is 1. The maximum Gasteiger partial charge on any atom is 0.194 e. The number of aliphatic imine (C=N–C) groups is 1. The zero-order chi connectivity index (χ0) is 11.7. The van der Waals surface area contributed by atoms with Crippen molar-refractivity contribution in [3.8, 4) is 0 Å². The van der Waals surface area contributed by atoms with E-state index >= 15 is 0 Å². The van der Waals surface area contributed by atoms with Crippen LogP contribution in [0.1, 0.15) is 19.5 Å². The first-order valence-corrected chi connectivity index (χ1v) is 5.58. The van der Waals surface area contributed by atoms with Gasteiger partial charge in [-0.2, -0.15) is 0 Å². The molecule has 0 amide bonds. The highest BCUT2D eigenvalue weighted by Crippen LogP contribution is 2.09. The van der Waals surface area contributed by atoms with E-state index in [1.165, 1.54) is 5.69 Å². The lowest BCUT2D eigenvalue weighted by atomic mass is 10.2. The van der Waals surface area contributed by atoms with Crippen LogP contribution in [-0.4, -0.2) is 39.5 Å². The summed E-state index contributed by atoms with van der Waals surface area (Å²) in [5, 5.41) is 3.38. The molecule has 5 heteroatoms. The van der Waals surface area contributed by atoms with Crippen molar-refractivity contribution in [3.63, 3.8) is 0 Å². The summed E-state index contributed by atoms with van der Waals surface area (Å²) in [5.41, 5.74) is 1.18. The molecule has 0 radical (unpaired) electrons. The van der Waals surface area contributed by atoms with Crippen LogP contribution >= 0.6 is 0 Å². The van der Waals surface area contributed by atoms with Gasteiger partial charge in [-0.3, -0.25) is 0 Å². The Hall–Kier alpha value is -1.52. The number of aryl methyl sites for hydroxylation is 1. The van der Waals surface area contributed by atoms with Gasteiger partial charge in [0.2, 0.25) is 0 Å². The van der Waals surface area contributed by atoms with Crippen LogP contribution < -0.4 is 5.32 Å². The summed E-state index contributed by atoms with van der Waals surface area (Å²) >= 11 is 0. The fraction of sp³-hybridized carbons (Fsp3) is 0.636. The molecule has 0 saturated heterocycles. The first-order valence-electron chi connectivity index (χ1n) is 5.58. The largest absolute Gasteiger partial charge is 0.352 e. The minimum Gasteiger partial charge on any atom is -0.352 e. The van der Waals surface area contributed by atoms with Crippen LogP contribution in [0.2, 0.25) is 0 Å². The lowest BCUT2D eigenvalue weighted by molar-refractivity contribution is 0.465. The molecule has 16 heavy (non-hydrogen) atoms. The van der Waals surface area contributed by atoms with Crippen LogP contribution in [-0.2, 0) is 13.6 Å². The fourth-order valence-corrected chi connectivity index (χ4v) is 1.73. The molecule has 1 aromatic heterocycles. The predicted octanol–water partition coefficient (Wildman–Crippen LogP) is 0.588. The quantitative estimate of drug-likeness (QED) is 0.795. The van der Waals surface area contributed by atoms with Gasteiger partial charge < -0.3 is 14.8 Å². The topological polar surface area (TPSA) is 45.5 Å². The normalized spacial score (nSPS) is 24.1. The molecule has 1 aromatic rings. The Labute approximate surface area is 96.2 Å². The Morgan fingerprint density at radius 3 is 2.75 bits per heavy atom. The van der Waals surface area contributed by atoms with Gasteiger partial charge in [-0.1, -0.05) is 0 Å². The highest BCUT2D eigenvalue weighted by Gasteiger charge is 2.23. The van der Waals surface area contributed by atoms with Crippen LogP contribution in [0.15, 0.2) is 17.5 Å². The molecule has 0 bridgehead atoms. The van der Waals surface area contributed by atoms with Gasteiger partial charge in [0.15, 0.2) is 5.96 Å². The van der Waals surface area contributed by atoms with E-state index < -0.39 is 0 Å².